The lowest BCUT2D eigenvalue weighted by Crippen LogP contribution is -2.19. The van der Waals surface area contributed by atoms with Crippen LogP contribution < -0.4 is 5.43 Å². The molecule has 3 rings (SSSR count). The molecule has 0 aliphatic rings. The number of benzene rings is 1. The van der Waals surface area contributed by atoms with Crippen molar-refractivity contribution < 1.29 is 4.79 Å². The van der Waals surface area contributed by atoms with E-state index < -0.39 is 0 Å². The highest BCUT2D eigenvalue weighted by Crippen LogP contribution is 2.23. The zero-order chi connectivity index (χ0) is 18.7. The number of hydrazone groups is 1. The summed E-state index contributed by atoms with van der Waals surface area (Å²) in [6.45, 7) is 3.70. The number of hydrogen-bond acceptors (Lipinski definition) is 5. The lowest BCUT2D eigenvalue weighted by molar-refractivity contribution is -0.120. The maximum Gasteiger partial charge on any atom is 0.246 e. The lowest BCUT2D eigenvalue weighted by atomic mass is 10.3. The molecule has 0 aliphatic heterocycles. The summed E-state index contributed by atoms with van der Waals surface area (Å²) in [4.78, 5) is 16.2. The van der Waals surface area contributed by atoms with Gasteiger partial charge in [0.05, 0.1) is 29.6 Å². The van der Waals surface area contributed by atoms with Crippen molar-refractivity contribution in [1.82, 2.24) is 20.2 Å². The van der Waals surface area contributed by atoms with Crippen LogP contribution in [0.1, 0.15) is 22.0 Å². The van der Waals surface area contributed by atoms with Gasteiger partial charge in [0.2, 0.25) is 5.91 Å². The second-order valence-electron chi connectivity index (χ2n) is 5.53. The van der Waals surface area contributed by atoms with Crippen LogP contribution in [0.25, 0.3) is 5.69 Å². The van der Waals surface area contributed by atoms with E-state index in [2.05, 4.69) is 20.6 Å². The van der Waals surface area contributed by atoms with Crippen molar-refractivity contribution in [1.29, 1.82) is 0 Å². The van der Waals surface area contributed by atoms with Crippen molar-refractivity contribution in [2.75, 3.05) is 0 Å². The number of nitrogens with zero attached hydrogens (tertiary/aromatic N) is 4. The first kappa shape index (κ1) is 18.6. The summed E-state index contributed by atoms with van der Waals surface area (Å²) >= 11 is 13.9. The predicted octanol–water partition coefficient (Wildman–Crippen LogP) is 3.95. The molecule has 0 saturated heterocycles. The second-order valence-corrected chi connectivity index (χ2v) is 7.27. The van der Waals surface area contributed by atoms with Crippen LogP contribution in [-0.4, -0.2) is 26.9 Å². The summed E-state index contributed by atoms with van der Waals surface area (Å²) in [6, 6.07) is 7.21. The molecule has 0 unspecified atom stereocenters. The highest BCUT2D eigenvalue weighted by Gasteiger charge is 2.13. The fraction of sp³-hybridized carbons (Fsp3) is 0.176. The minimum absolute atomic E-state index is 0.185. The fourth-order valence-electron chi connectivity index (χ4n) is 2.27. The van der Waals surface area contributed by atoms with Crippen molar-refractivity contribution in [2.45, 2.75) is 20.3 Å². The van der Waals surface area contributed by atoms with Gasteiger partial charge in [-0.25, -0.2) is 15.1 Å². The molecule has 0 atom stereocenters. The quantitative estimate of drug-likeness (QED) is 0.513. The fourth-order valence-corrected chi connectivity index (χ4v) is 3.54. The summed E-state index contributed by atoms with van der Waals surface area (Å²) in [5.74, 6) is -0.244. The van der Waals surface area contributed by atoms with Gasteiger partial charge in [0.1, 0.15) is 10.2 Å². The first-order chi connectivity index (χ1) is 12.4. The number of hydrogen-bond donors (Lipinski definition) is 1. The molecular formula is C17H15Cl2N5OS. The Hall–Kier alpha value is -2.22. The van der Waals surface area contributed by atoms with Gasteiger partial charge in [-0.15, -0.1) is 11.3 Å². The van der Waals surface area contributed by atoms with Crippen molar-refractivity contribution in [3.8, 4) is 5.69 Å². The van der Waals surface area contributed by atoms with Crippen molar-refractivity contribution >= 4 is 46.7 Å². The van der Waals surface area contributed by atoms with Crippen LogP contribution in [0, 0.1) is 13.8 Å². The highest BCUT2D eigenvalue weighted by atomic mass is 35.5. The highest BCUT2D eigenvalue weighted by molar-refractivity contribution is 7.09. The number of halogens is 2. The van der Waals surface area contributed by atoms with Gasteiger partial charge in [-0.05, 0) is 32.0 Å². The SMILES string of the molecule is Cc1csc(CC(=O)N/N=C\c2c(C)nn(-c3cccc(Cl)c3)c2Cl)n1. The largest absolute Gasteiger partial charge is 0.273 e. The molecule has 0 saturated carbocycles. The number of nitrogens with one attached hydrogen (secondary N) is 1. The van der Waals surface area contributed by atoms with Gasteiger partial charge in [0, 0.05) is 16.1 Å². The third-order valence-corrected chi connectivity index (χ3v) is 5.03. The van der Waals surface area contributed by atoms with Gasteiger partial charge in [-0.3, -0.25) is 4.79 Å². The molecule has 3 aromatic rings. The Bertz CT molecular complexity index is 979. The molecule has 1 N–H and O–H groups in total. The van der Waals surface area contributed by atoms with Crippen molar-refractivity contribution in [2.24, 2.45) is 5.10 Å². The van der Waals surface area contributed by atoms with Gasteiger partial charge >= 0.3 is 0 Å². The Morgan fingerprint density at radius 3 is 2.88 bits per heavy atom. The molecular weight excluding hydrogens is 393 g/mol. The Labute approximate surface area is 164 Å². The van der Waals surface area contributed by atoms with Crippen LogP contribution in [0.2, 0.25) is 10.2 Å². The van der Waals surface area contributed by atoms with Gasteiger partial charge in [-0.2, -0.15) is 10.2 Å². The maximum absolute atomic E-state index is 11.9. The molecule has 0 bridgehead atoms. The molecule has 0 fully saturated rings. The molecule has 26 heavy (non-hydrogen) atoms. The van der Waals surface area contributed by atoms with E-state index >= 15 is 0 Å². The monoisotopic (exact) mass is 407 g/mol. The van der Waals surface area contributed by atoms with Crippen molar-refractivity contribution in [3.05, 3.63) is 61.8 Å². The van der Waals surface area contributed by atoms with E-state index in [1.165, 1.54) is 17.6 Å². The summed E-state index contributed by atoms with van der Waals surface area (Å²) < 4.78 is 1.57. The van der Waals surface area contributed by atoms with Gasteiger partial charge in [-0.1, -0.05) is 29.3 Å². The van der Waals surface area contributed by atoms with E-state index in [1.807, 2.05) is 31.4 Å². The summed E-state index contributed by atoms with van der Waals surface area (Å²) in [7, 11) is 0. The summed E-state index contributed by atoms with van der Waals surface area (Å²) in [5, 5.41) is 12.0. The van der Waals surface area contributed by atoms with E-state index in [-0.39, 0.29) is 12.3 Å². The third kappa shape index (κ3) is 4.30. The Morgan fingerprint density at radius 2 is 2.19 bits per heavy atom. The molecule has 1 aromatic carbocycles. The van der Waals surface area contributed by atoms with Gasteiger partial charge in [0.15, 0.2) is 0 Å². The average molecular weight is 408 g/mol. The van der Waals surface area contributed by atoms with E-state index in [0.717, 1.165) is 16.4 Å². The molecule has 9 heteroatoms. The van der Waals surface area contributed by atoms with E-state index in [1.54, 1.807) is 16.8 Å². The van der Waals surface area contributed by atoms with E-state index in [4.69, 9.17) is 23.2 Å². The van der Waals surface area contributed by atoms with Crippen LogP contribution >= 0.6 is 34.5 Å². The van der Waals surface area contributed by atoms with Crippen LogP contribution in [0.5, 0.6) is 0 Å². The minimum atomic E-state index is -0.244. The van der Waals surface area contributed by atoms with Crippen LogP contribution in [0.15, 0.2) is 34.7 Å². The van der Waals surface area contributed by atoms with Crippen LogP contribution in [0.3, 0.4) is 0 Å². The topological polar surface area (TPSA) is 72.2 Å². The first-order valence-electron chi connectivity index (χ1n) is 7.68. The van der Waals surface area contributed by atoms with Crippen molar-refractivity contribution in [3.63, 3.8) is 0 Å². The second kappa shape index (κ2) is 7.99. The zero-order valence-electron chi connectivity index (χ0n) is 14.0. The van der Waals surface area contributed by atoms with Gasteiger partial charge in [0.25, 0.3) is 0 Å². The van der Waals surface area contributed by atoms with E-state index in [9.17, 15) is 4.79 Å². The number of rotatable bonds is 5. The summed E-state index contributed by atoms with van der Waals surface area (Å²) in [6.07, 6.45) is 1.67. The normalized spacial score (nSPS) is 11.2. The number of thiazole rings is 1. The maximum atomic E-state index is 11.9. The molecule has 134 valence electrons. The molecule has 0 radical (unpaired) electrons. The lowest BCUT2D eigenvalue weighted by Gasteiger charge is -2.03. The number of carbonyl (C=O) groups excluding carboxylic acids is 1. The Kier molecular flexibility index (Phi) is 5.70. The first-order valence-corrected chi connectivity index (χ1v) is 9.31. The molecule has 0 spiro atoms. The number of aryl methyl sites for hydroxylation is 2. The summed E-state index contributed by atoms with van der Waals surface area (Å²) in [5.41, 5.74) is 5.43. The standard InChI is InChI=1S/C17H15Cl2N5OS/c1-10-9-26-16(21-10)7-15(25)22-20-8-14-11(2)23-24(17(14)19)13-5-3-4-12(18)6-13/h3-6,8-9H,7H2,1-2H3,(H,22,25)/b20-8-. The molecule has 0 aliphatic carbocycles. The molecule has 6 nitrogen and oxygen atoms in total. The number of aromatic nitrogens is 3. The third-order valence-electron chi connectivity index (χ3n) is 3.46. The smallest absolute Gasteiger partial charge is 0.246 e. The van der Waals surface area contributed by atoms with Gasteiger partial charge < -0.3 is 0 Å². The van der Waals surface area contributed by atoms with Crippen LogP contribution in [-0.2, 0) is 11.2 Å². The Morgan fingerprint density at radius 1 is 1.38 bits per heavy atom. The van der Waals surface area contributed by atoms with Crippen LogP contribution in [0.4, 0.5) is 0 Å². The zero-order valence-corrected chi connectivity index (χ0v) is 16.4. The Balaban J connectivity index is 1.71. The van der Waals surface area contributed by atoms with E-state index in [0.29, 0.717) is 21.4 Å². The minimum Gasteiger partial charge on any atom is -0.273 e. The molecule has 1 amide bonds. The molecule has 2 aromatic heterocycles. The number of carbonyl (C=O) groups is 1. The average Bonchev–Trinajstić information content (AvgIpc) is 3.12. The predicted molar refractivity (Wildman–Crippen MR) is 105 cm³/mol. The molecule has 2 heterocycles. The number of amides is 1.